The summed E-state index contributed by atoms with van der Waals surface area (Å²) in [6.07, 6.45) is -0.279. The van der Waals surface area contributed by atoms with Crippen LogP contribution in [-0.4, -0.2) is 15.4 Å². The molecule has 0 aliphatic heterocycles. The number of alkyl halides is 3. The average Bonchev–Trinajstić information content (AvgIpc) is 2.08. The van der Waals surface area contributed by atoms with Gasteiger partial charge in [-0.05, 0) is 17.7 Å². The Kier molecular flexibility index (Phi) is 8.10. The summed E-state index contributed by atoms with van der Waals surface area (Å²) in [5, 5.41) is 8.38. The molecule has 0 saturated carbocycles. The fourth-order valence-electron chi connectivity index (χ4n) is 0.828. The highest BCUT2D eigenvalue weighted by molar-refractivity contribution is 9.10. The van der Waals surface area contributed by atoms with E-state index in [1.54, 1.807) is 6.07 Å². The fraction of sp³-hybridized carbons (Fsp3) is 0.222. The van der Waals surface area contributed by atoms with Crippen LogP contribution in [0.3, 0.4) is 0 Å². The van der Waals surface area contributed by atoms with E-state index in [-0.39, 0.29) is 12.0 Å². The van der Waals surface area contributed by atoms with Gasteiger partial charge < -0.3 is 5.11 Å². The number of carboxylic acids is 1. The van der Waals surface area contributed by atoms with Gasteiger partial charge in [-0.25, -0.2) is 4.39 Å². The Morgan fingerprint density at radius 2 is 1.94 bits per heavy atom. The summed E-state index contributed by atoms with van der Waals surface area (Å²) in [6.45, 7) is 0. The van der Waals surface area contributed by atoms with E-state index in [0.29, 0.717) is 4.47 Å². The Morgan fingerprint density at radius 3 is 2.31 bits per heavy atom. The number of carboxylic acid groups (broad SMARTS) is 1. The molecule has 2 nitrogen and oxygen atoms in total. The molecular formula is C9H7BrCl3FO2. The second kappa shape index (κ2) is 8.12. The minimum atomic E-state index is -1.03. The van der Waals surface area contributed by atoms with Crippen LogP contribution in [0, 0.1) is 5.82 Å². The third-order valence-corrected chi connectivity index (χ3v) is 1.85. The zero-order chi connectivity index (χ0) is 12.7. The lowest BCUT2D eigenvalue weighted by atomic mass is 10.1. The maximum Gasteiger partial charge on any atom is 0.307 e. The molecule has 0 amide bonds. The first-order valence-corrected chi connectivity index (χ1v) is 6.01. The molecule has 90 valence electrons. The average molecular weight is 352 g/mol. The first-order chi connectivity index (χ1) is 7.32. The Hall–Kier alpha value is -0.0300. The van der Waals surface area contributed by atoms with Gasteiger partial charge in [0.1, 0.15) is 5.82 Å². The van der Waals surface area contributed by atoms with Gasteiger partial charge in [-0.3, -0.25) is 4.79 Å². The predicted molar refractivity (Wildman–Crippen MR) is 66.8 cm³/mol. The molecule has 16 heavy (non-hydrogen) atoms. The number of aliphatic carboxylic acids is 1. The molecule has 1 N–H and O–H groups in total. The van der Waals surface area contributed by atoms with Crippen LogP contribution in [0.1, 0.15) is 5.56 Å². The number of carbonyl (C=O) groups is 1. The van der Waals surface area contributed by atoms with Crippen molar-refractivity contribution >= 4 is 56.7 Å². The van der Waals surface area contributed by atoms with E-state index in [1.165, 1.54) is 12.1 Å². The molecule has 1 aromatic carbocycles. The van der Waals surface area contributed by atoms with Crippen LogP contribution in [0.25, 0.3) is 0 Å². The highest BCUT2D eigenvalue weighted by Crippen LogP contribution is 2.15. The van der Waals surface area contributed by atoms with Crippen molar-refractivity contribution in [1.29, 1.82) is 0 Å². The molecule has 0 radical (unpaired) electrons. The summed E-state index contributed by atoms with van der Waals surface area (Å²) in [6, 6.07) is 4.31. The van der Waals surface area contributed by atoms with Gasteiger partial charge in [-0.2, -0.15) is 0 Å². The number of benzene rings is 1. The molecular weight excluding hydrogens is 345 g/mol. The van der Waals surface area contributed by atoms with Gasteiger partial charge in [0.15, 0.2) is 4.30 Å². The maximum absolute atomic E-state index is 12.9. The summed E-state index contributed by atoms with van der Waals surface area (Å²) in [5.41, 5.74) is 0.200. The van der Waals surface area contributed by atoms with Gasteiger partial charge in [0, 0.05) is 4.47 Å². The molecule has 0 aliphatic carbocycles. The largest absolute Gasteiger partial charge is 0.481 e. The lowest BCUT2D eigenvalue weighted by Crippen LogP contribution is -2.02. The summed E-state index contributed by atoms with van der Waals surface area (Å²) >= 11 is 17.5. The van der Waals surface area contributed by atoms with E-state index in [9.17, 15) is 9.18 Å². The molecule has 0 bridgehead atoms. The summed E-state index contributed by atoms with van der Waals surface area (Å²) in [5.74, 6) is -1.53. The van der Waals surface area contributed by atoms with Crippen LogP contribution < -0.4 is 0 Å². The number of hydrogen-bond acceptors (Lipinski definition) is 1. The standard InChI is InChI=1S/C8H6BrFO2.CHCl3/c9-6-2-1-5(3-8(11)12)7(10)4-6;2-1(3)4/h1-2,4H,3H2,(H,11,12);1H. The minimum Gasteiger partial charge on any atom is -0.481 e. The second-order valence-corrected chi connectivity index (χ2v) is 5.45. The molecule has 0 fully saturated rings. The Balaban J connectivity index is 0.000000487. The lowest BCUT2D eigenvalue weighted by molar-refractivity contribution is -0.136. The smallest absolute Gasteiger partial charge is 0.307 e. The normalized spacial score (nSPS) is 9.62. The SMILES string of the molecule is ClC(Cl)Cl.O=C(O)Cc1ccc(Br)cc1F. The van der Waals surface area contributed by atoms with Crippen molar-refractivity contribution in [1.82, 2.24) is 0 Å². The quantitative estimate of drug-likeness (QED) is 0.810. The van der Waals surface area contributed by atoms with Crippen LogP contribution in [-0.2, 0) is 11.2 Å². The second-order valence-electron chi connectivity index (χ2n) is 2.55. The first kappa shape index (κ1) is 16.0. The van der Waals surface area contributed by atoms with Crippen LogP contribution in [0.15, 0.2) is 22.7 Å². The number of rotatable bonds is 2. The predicted octanol–water partition coefficient (Wildman–Crippen LogP) is 4.20. The van der Waals surface area contributed by atoms with E-state index < -0.39 is 16.1 Å². The van der Waals surface area contributed by atoms with Crippen LogP contribution >= 0.6 is 50.7 Å². The summed E-state index contributed by atoms with van der Waals surface area (Å²) in [4.78, 5) is 10.2. The fourth-order valence-corrected chi connectivity index (χ4v) is 1.16. The molecule has 0 saturated heterocycles. The highest BCUT2D eigenvalue weighted by atomic mass is 79.9. The minimum absolute atomic E-state index is 0.200. The topological polar surface area (TPSA) is 37.3 Å². The van der Waals surface area contributed by atoms with Gasteiger partial charge in [-0.15, -0.1) is 0 Å². The van der Waals surface area contributed by atoms with E-state index in [1.807, 2.05) is 0 Å². The summed E-state index contributed by atoms with van der Waals surface area (Å²) in [7, 11) is 0. The van der Waals surface area contributed by atoms with Crippen molar-refractivity contribution in [3.8, 4) is 0 Å². The van der Waals surface area contributed by atoms with E-state index >= 15 is 0 Å². The Bertz CT molecular complexity index is 358. The van der Waals surface area contributed by atoms with E-state index in [4.69, 9.17) is 39.9 Å². The molecule has 0 spiro atoms. The van der Waals surface area contributed by atoms with Crippen molar-refractivity contribution in [2.75, 3.05) is 0 Å². The van der Waals surface area contributed by atoms with Crippen LogP contribution in [0.5, 0.6) is 0 Å². The van der Waals surface area contributed by atoms with Gasteiger partial charge in [0.25, 0.3) is 0 Å². The highest BCUT2D eigenvalue weighted by Gasteiger charge is 2.06. The zero-order valence-corrected chi connectivity index (χ0v) is 11.6. The molecule has 0 aromatic heterocycles. The monoisotopic (exact) mass is 350 g/mol. The lowest BCUT2D eigenvalue weighted by Gasteiger charge is -1.98. The number of hydrogen-bond donors (Lipinski definition) is 1. The van der Waals surface area contributed by atoms with Gasteiger partial charge in [0.2, 0.25) is 0 Å². The Labute approximate surface area is 115 Å². The third kappa shape index (κ3) is 8.16. The molecule has 0 heterocycles. The summed E-state index contributed by atoms with van der Waals surface area (Å²) < 4.78 is 12.8. The van der Waals surface area contributed by atoms with Gasteiger partial charge in [-0.1, -0.05) is 56.8 Å². The van der Waals surface area contributed by atoms with E-state index in [0.717, 1.165) is 0 Å². The van der Waals surface area contributed by atoms with Gasteiger partial charge in [0.05, 0.1) is 6.42 Å². The Morgan fingerprint density at radius 1 is 1.44 bits per heavy atom. The molecule has 0 unspecified atom stereocenters. The molecule has 1 aromatic rings. The molecule has 1 rings (SSSR count). The van der Waals surface area contributed by atoms with Crippen molar-refractivity contribution in [2.24, 2.45) is 0 Å². The van der Waals surface area contributed by atoms with Crippen LogP contribution in [0.4, 0.5) is 4.39 Å². The van der Waals surface area contributed by atoms with Gasteiger partial charge >= 0.3 is 5.97 Å². The van der Waals surface area contributed by atoms with Crippen molar-refractivity contribution < 1.29 is 14.3 Å². The number of halogens is 5. The van der Waals surface area contributed by atoms with Crippen molar-refractivity contribution in [2.45, 2.75) is 10.7 Å². The van der Waals surface area contributed by atoms with Crippen molar-refractivity contribution in [3.05, 3.63) is 34.1 Å². The molecule has 0 atom stereocenters. The maximum atomic E-state index is 12.9. The zero-order valence-electron chi connectivity index (χ0n) is 7.76. The third-order valence-electron chi connectivity index (χ3n) is 1.36. The first-order valence-electron chi connectivity index (χ1n) is 3.91. The van der Waals surface area contributed by atoms with Crippen LogP contribution in [0.2, 0.25) is 0 Å². The molecule has 7 heteroatoms. The van der Waals surface area contributed by atoms with E-state index in [2.05, 4.69) is 15.9 Å². The van der Waals surface area contributed by atoms with Crippen molar-refractivity contribution in [3.63, 3.8) is 0 Å². The molecule has 0 aliphatic rings.